The van der Waals surface area contributed by atoms with Crippen molar-refractivity contribution in [2.45, 2.75) is 38.8 Å². The number of aliphatic carboxylic acids is 1. The second-order valence-electron chi connectivity index (χ2n) is 5.93. The second kappa shape index (κ2) is 6.18. The van der Waals surface area contributed by atoms with Gasteiger partial charge in [0.1, 0.15) is 23.7 Å². The molecule has 0 aliphatic carbocycles. The van der Waals surface area contributed by atoms with Gasteiger partial charge in [-0.15, -0.1) is 0 Å². The standard InChI is InChI=1S/C16H18F2N2O4/c1-4-9(2)20-14(23)16(3,19(15(20)24)8-13(21)22)10-5-11(17)7-12(18)6-10/h5-7,9H,4,8H2,1-3H3,(H,21,22). The van der Waals surface area contributed by atoms with Crippen LogP contribution in [0.1, 0.15) is 32.8 Å². The lowest BCUT2D eigenvalue weighted by molar-refractivity contribution is -0.140. The van der Waals surface area contributed by atoms with Crippen LogP contribution in [0.25, 0.3) is 0 Å². The molecule has 2 unspecified atom stereocenters. The second-order valence-corrected chi connectivity index (χ2v) is 5.93. The SMILES string of the molecule is CCC(C)N1C(=O)N(CC(=O)O)C(C)(c2cc(F)cc(F)c2)C1=O. The van der Waals surface area contributed by atoms with Crippen LogP contribution in [-0.2, 0) is 15.1 Å². The number of amides is 3. The topological polar surface area (TPSA) is 77.9 Å². The van der Waals surface area contributed by atoms with Gasteiger partial charge in [0.05, 0.1) is 0 Å². The molecule has 0 bridgehead atoms. The number of hydrogen-bond acceptors (Lipinski definition) is 3. The van der Waals surface area contributed by atoms with Crippen molar-refractivity contribution in [2.24, 2.45) is 0 Å². The molecule has 1 aliphatic heterocycles. The maximum atomic E-state index is 13.6. The molecule has 2 rings (SSSR count). The molecule has 1 aliphatic rings. The van der Waals surface area contributed by atoms with Crippen LogP contribution in [-0.4, -0.2) is 45.4 Å². The highest BCUT2D eigenvalue weighted by Gasteiger charge is 2.57. The highest BCUT2D eigenvalue weighted by Crippen LogP contribution is 2.38. The van der Waals surface area contributed by atoms with Gasteiger partial charge in [0, 0.05) is 12.1 Å². The number of nitrogens with zero attached hydrogens (tertiary/aromatic N) is 2. The summed E-state index contributed by atoms with van der Waals surface area (Å²) in [6.07, 6.45) is 0.464. The summed E-state index contributed by atoms with van der Waals surface area (Å²) in [5, 5.41) is 9.08. The van der Waals surface area contributed by atoms with E-state index in [1.165, 1.54) is 6.92 Å². The first-order valence-corrected chi connectivity index (χ1v) is 7.46. The Labute approximate surface area is 137 Å². The van der Waals surface area contributed by atoms with Gasteiger partial charge in [-0.05, 0) is 38.0 Å². The lowest BCUT2D eigenvalue weighted by Crippen LogP contribution is -2.46. The molecule has 1 N–H and O–H groups in total. The first-order valence-electron chi connectivity index (χ1n) is 7.46. The van der Waals surface area contributed by atoms with Crippen LogP contribution >= 0.6 is 0 Å². The van der Waals surface area contributed by atoms with E-state index in [0.717, 1.165) is 21.9 Å². The Morgan fingerprint density at radius 2 is 1.79 bits per heavy atom. The minimum absolute atomic E-state index is 0.106. The number of rotatable bonds is 5. The number of carbonyl (C=O) groups excluding carboxylic acids is 2. The fourth-order valence-electron chi connectivity index (χ4n) is 2.80. The van der Waals surface area contributed by atoms with Crippen LogP contribution in [0.3, 0.4) is 0 Å². The number of carboxylic acids is 1. The van der Waals surface area contributed by atoms with E-state index in [2.05, 4.69) is 0 Å². The summed E-state index contributed by atoms with van der Waals surface area (Å²) in [6.45, 7) is 3.95. The molecular formula is C16H18F2N2O4. The van der Waals surface area contributed by atoms with Gasteiger partial charge in [0.2, 0.25) is 0 Å². The number of hydrogen-bond donors (Lipinski definition) is 1. The fourth-order valence-corrected chi connectivity index (χ4v) is 2.80. The summed E-state index contributed by atoms with van der Waals surface area (Å²) in [5.41, 5.74) is -1.90. The number of carbonyl (C=O) groups is 3. The summed E-state index contributed by atoms with van der Waals surface area (Å²) in [5.74, 6) is -3.86. The highest BCUT2D eigenvalue weighted by atomic mass is 19.1. The normalized spacial score (nSPS) is 22.2. The molecule has 130 valence electrons. The van der Waals surface area contributed by atoms with E-state index < -0.39 is 47.7 Å². The van der Waals surface area contributed by atoms with Gasteiger partial charge in [0.15, 0.2) is 0 Å². The maximum absolute atomic E-state index is 13.6. The quantitative estimate of drug-likeness (QED) is 0.835. The average molecular weight is 340 g/mol. The monoisotopic (exact) mass is 340 g/mol. The molecule has 2 atom stereocenters. The smallest absolute Gasteiger partial charge is 0.328 e. The van der Waals surface area contributed by atoms with Crippen LogP contribution < -0.4 is 0 Å². The summed E-state index contributed by atoms with van der Waals surface area (Å²) < 4.78 is 27.2. The summed E-state index contributed by atoms with van der Waals surface area (Å²) in [6, 6.07) is 1.25. The molecule has 1 aromatic rings. The zero-order valence-corrected chi connectivity index (χ0v) is 13.5. The van der Waals surface area contributed by atoms with Crippen molar-refractivity contribution in [3.05, 3.63) is 35.4 Å². The van der Waals surface area contributed by atoms with E-state index >= 15 is 0 Å². The summed E-state index contributed by atoms with van der Waals surface area (Å²) in [7, 11) is 0. The van der Waals surface area contributed by atoms with Crippen LogP contribution in [0.5, 0.6) is 0 Å². The molecule has 8 heteroatoms. The van der Waals surface area contributed by atoms with E-state index in [9.17, 15) is 23.2 Å². The molecule has 1 saturated heterocycles. The van der Waals surface area contributed by atoms with Crippen LogP contribution in [0.4, 0.5) is 13.6 Å². The Bertz CT molecular complexity index is 689. The average Bonchev–Trinajstić information content (AvgIpc) is 2.67. The van der Waals surface area contributed by atoms with Crippen molar-refractivity contribution in [2.75, 3.05) is 6.54 Å². The molecule has 0 saturated carbocycles. The molecule has 1 fully saturated rings. The van der Waals surface area contributed by atoms with Crippen molar-refractivity contribution >= 4 is 17.9 Å². The third-order valence-corrected chi connectivity index (χ3v) is 4.36. The minimum Gasteiger partial charge on any atom is -0.480 e. The third kappa shape index (κ3) is 2.72. The van der Waals surface area contributed by atoms with Gasteiger partial charge < -0.3 is 5.11 Å². The number of urea groups is 1. The molecule has 3 amide bonds. The van der Waals surface area contributed by atoms with E-state index in [0.29, 0.717) is 12.5 Å². The van der Waals surface area contributed by atoms with Crippen LogP contribution in [0.2, 0.25) is 0 Å². The fraction of sp³-hybridized carbons (Fsp3) is 0.438. The number of halogens is 2. The predicted octanol–water partition coefficient (Wildman–Crippen LogP) is 2.33. The van der Waals surface area contributed by atoms with Crippen molar-refractivity contribution in [1.29, 1.82) is 0 Å². The Hall–Kier alpha value is -2.51. The molecule has 0 aromatic heterocycles. The van der Waals surface area contributed by atoms with Gasteiger partial charge in [-0.1, -0.05) is 6.92 Å². The lowest BCUT2D eigenvalue weighted by Gasteiger charge is -2.31. The Morgan fingerprint density at radius 3 is 2.25 bits per heavy atom. The number of carboxylic acid groups (broad SMARTS) is 1. The minimum atomic E-state index is -1.79. The Kier molecular flexibility index (Phi) is 4.59. The third-order valence-electron chi connectivity index (χ3n) is 4.36. The first kappa shape index (κ1) is 17.8. The van der Waals surface area contributed by atoms with Crippen molar-refractivity contribution in [1.82, 2.24) is 9.80 Å². The van der Waals surface area contributed by atoms with Crippen molar-refractivity contribution in [3.8, 4) is 0 Å². The van der Waals surface area contributed by atoms with E-state index in [-0.39, 0.29) is 5.56 Å². The zero-order chi connectivity index (χ0) is 18.2. The Balaban J connectivity index is 2.63. The maximum Gasteiger partial charge on any atom is 0.328 e. The van der Waals surface area contributed by atoms with Gasteiger partial charge >= 0.3 is 12.0 Å². The van der Waals surface area contributed by atoms with E-state index in [1.54, 1.807) is 13.8 Å². The van der Waals surface area contributed by atoms with Gasteiger partial charge in [0.25, 0.3) is 5.91 Å². The van der Waals surface area contributed by atoms with Crippen LogP contribution in [0, 0.1) is 11.6 Å². The Morgan fingerprint density at radius 1 is 1.25 bits per heavy atom. The summed E-state index contributed by atoms with van der Waals surface area (Å²) in [4.78, 5) is 38.4. The zero-order valence-electron chi connectivity index (χ0n) is 13.5. The van der Waals surface area contributed by atoms with Gasteiger partial charge in [-0.2, -0.15) is 0 Å². The molecule has 1 heterocycles. The number of benzene rings is 1. The molecular weight excluding hydrogens is 322 g/mol. The molecule has 24 heavy (non-hydrogen) atoms. The van der Waals surface area contributed by atoms with Gasteiger partial charge in [-0.25, -0.2) is 13.6 Å². The molecule has 6 nitrogen and oxygen atoms in total. The van der Waals surface area contributed by atoms with Crippen molar-refractivity contribution < 1.29 is 28.3 Å². The highest BCUT2D eigenvalue weighted by molar-refractivity contribution is 6.08. The lowest BCUT2D eigenvalue weighted by atomic mass is 9.89. The van der Waals surface area contributed by atoms with Crippen LogP contribution in [0.15, 0.2) is 18.2 Å². The number of imide groups is 1. The largest absolute Gasteiger partial charge is 0.480 e. The molecule has 0 spiro atoms. The molecule has 1 aromatic carbocycles. The first-order chi connectivity index (χ1) is 11.1. The molecule has 0 radical (unpaired) electrons. The predicted molar refractivity (Wildman–Crippen MR) is 80.0 cm³/mol. The summed E-state index contributed by atoms with van der Waals surface area (Å²) >= 11 is 0. The van der Waals surface area contributed by atoms with Gasteiger partial charge in [-0.3, -0.25) is 19.4 Å². The van der Waals surface area contributed by atoms with E-state index in [1.807, 2.05) is 0 Å². The van der Waals surface area contributed by atoms with Crippen molar-refractivity contribution in [3.63, 3.8) is 0 Å². The van der Waals surface area contributed by atoms with E-state index in [4.69, 9.17) is 5.11 Å².